The molecule has 1 aromatic heterocycles. The second-order valence-corrected chi connectivity index (χ2v) is 4.10. The summed E-state index contributed by atoms with van der Waals surface area (Å²) in [7, 11) is 0. The van der Waals surface area contributed by atoms with Crippen molar-refractivity contribution in [3.8, 4) is 0 Å². The molecule has 0 bridgehead atoms. The van der Waals surface area contributed by atoms with Crippen molar-refractivity contribution in [1.29, 1.82) is 0 Å². The van der Waals surface area contributed by atoms with E-state index in [0.29, 0.717) is 6.04 Å². The number of ether oxygens (including phenoxy) is 1. The summed E-state index contributed by atoms with van der Waals surface area (Å²) in [5, 5.41) is 3.32. The fraction of sp³-hybridized carbons (Fsp3) is 0.556. The highest BCUT2D eigenvalue weighted by atomic mass is 79.9. The van der Waals surface area contributed by atoms with Gasteiger partial charge in [0, 0.05) is 12.7 Å². The summed E-state index contributed by atoms with van der Waals surface area (Å²) in [4.78, 5) is 8.09. The largest absolute Gasteiger partial charge is 0.379 e. The van der Waals surface area contributed by atoms with Gasteiger partial charge < -0.3 is 10.1 Å². The minimum Gasteiger partial charge on any atom is -0.379 e. The lowest BCUT2D eigenvalue weighted by atomic mass is 10.1. The highest BCUT2D eigenvalue weighted by Gasteiger charge is 2.13. The third-order valence-corrected chi connectivity index (χ3v) is 2.58. The Bertz CT molecular complexity index is 302. The molecule has 76 valence electrons. The molecule has 1 aromatic rings. The first-order chi connectivity index (χ1) is 6.84. The Balaban J connectivity index is 1.95. The second-order valence-electron chi connectivity index (χ2n) is 3.28. The van der Waals surface area contributed by atoms with Crippen molar-refractivity contribution in [2.45, 2.75) is 18.9 Å². The first kappa shape index (κ1) is 9.86. The van der Waals surface area contributed by atoms with E-state index < -0.39 is 0 Å². The van der Waals surface area contributed by atoms with E-state index in [2.05, 4.69) is 31.2 Å². The molecule has 4 nitrogen and oxygen atoms in total. The minimum absolute atomic E-state index is 0.380. The number of nitrogens with one attached hydrogen (secondary N) is 1. The Labute approximate surface area is 91.2 Å². The molecule has 0 spiro atoms. The molecule has 0 aromatic carbocycles. The molecule has 1 N–H and O–H groups in total. The number of nitrogens with zero attached hydrogens (tertiary/aromatic N) is 2. The molecule has 0 aliphatic carbocycles. The predicted octanol–water partition coefficient (Wildman–Crippen LogP) is 1.83. The molecule has 2 heterocycles. The van der Waals surface area contributed by atoms with E-state index in [1.165, 1.54) is 6.33 Å². The molecular weight excluding hydrogens is 246 g/mol. The van der Waals surface area contributed by atoms with Crippen molar-refractivity contribution in [1.82, 2.24) is 9.97 Å². The number of rotatable bonds is 2. The predicted molar refractivity (Wildman–Crippen MR) is 57.2 cm³/mol. The molecule has 1 unspecified atom stereocenters. The SMILES string of the molecule is Brc1cc(NC2CCCOC2)ncn1. The van der Waals surface area contributed by atoms with Crippen LogP contribution in [0.1, 0.15) is 12.8 Å². The van der Waals surface area contributed by atoms with Crippen molar-refractivity contribution in [2.75, 3.05) is 18.5 Å². The zero-order chi connectivity index (χ0) is 9.80. The van der Waals surface area contributed by atoms with Crippen molar-refractivity contribution in [2.24, 2.45) is 0 Å². The Morgan fingerprint density at radius 2 is 2.43 bits per heavy atom. The van der Waals surface area contributed by atoms with E-state index in [0.717, 1.165) is 36.5 Å². The molecule has 0 saturated carbocycles. The van der Waals surface area contributed by atoms with Crippen molar-refractivity contribution in [3.63, 3.8) is 0 Å². The summed E-state index contributed by atoms with van der Waals surface area (Å²) in [5.41, 5.74) is 0. The Morgan fingerprint density at radius 3 is 3.14 bits per heavy atom. The minimum atomic E-state index is 0.380. The Kier molecular flexibility index (Phi) is 3.31. The third-order valence-electron chi connectivity index (χ3n) is 2.15. The van der Waals surface area contributed by atoms with E-state index in [-0.39, 0.29) is 0 Å². The summed E-state index contributed by atoms with van der Waals surface area (Å²) in [6.45, 7) is 1.65. The molecule has 0 amide bonds. The van der Waals surface area contributed by atoms with E-state index >= 15 is 0 Å². The monoisotopic (exact) mass is 257 g/mol. The third kappa shape index (κ3) is 2.65. The number of halogens is 1. The average molecular weight is 258 g/mol. The lowest BCUT2D eigenvalue weighted by molar-refractivity contribution is 0.0875. The number of anilines is 1. The van der Waals surface area contributed by atoms with Gasteiger partial charge in [0.25, 0.3) is 0 Å². The summed E-state index contributed by atoms with van der Waals surface area (Å²) >= 11 is 3.30. The van der Waals surface area contributed by atoms with Gasteiger partial charge in [-0.15, -0.1) is 0 Å². The lowest BCUT2D eigenvalue weighted by Gasteiger charge is -2.23. The Morgan fingerprint density at radius 1 is 1.50 bits per heavy atom. The van der Waals surface area contributed by atoms with Gasteiger partial charge in [0.05, 0.1) is 12.6 Å². The molecule has 14 heavy (non-hydrogen) atoms. The van der Waals surface area contributed by atoms with Gasteiger partial charge >= 0.3 is 0 Å². The maximum Gasteiger partial charge on any atom is 0.130 e. The summed E-state index contributed by atoms with van der Waals surface area (Å²) in [5.74, 6) is 0.849. The standard InChI is InChI=1S/C9H12BrN3O/c10-8-4-9(12-6-11-8)13-7-2-1-3-14-5-7/h4,6-7H,1-3,5H2,(H,11,12,13). The van der Waals surface area contributed by atoms with Gasteiger partial charge in [0.1, 0.15) is 16.7 Å². The maximum atomic E-state index is 5.37. The summed E-state index contributed by atoms with van der Waals surface area (Å²) in [6.07, 6.45) is 3.79. The highest BCUT2D eigenvalue weighted by Crippen LogP contribution is 2.14. The smallest absolute Gasteiger partial charge is 0.130 e. The van der Waals surface area contributed by atoms with E-state index in [1.54, 1.807) is 0 Å². The first-order valence-electron chi connectivity index (χ1n) is 4.66. The quantitative estimate of drug-likeness (QED) is 0.822. The number of hydrogen-bond acceptors (Lipinski definition) is 4. The number of aromatic nitrogens is 2. The van der Waals surface area contributed by atoms with Gasteiger partial charge in [-0.2, -0.15) is 0 Å². The van der Waals surface area contributed by atoms with Crippen LogP contribution in [0, 0.1) is 0 Å². The molecule has 0 radical (unpaired) electrons. The molecule has 1 fully saturated rings. The van der Waals surface area contributed by atoms with Gasteiger partial charge in [-0.25, -0.2) is 9.97 Å². The highest BCUT2D eigenvalue weighted by molar-refractivity contribution is 9.10. The van der Waals surface area contributed by atoms with Crippen LogP contribution < -0.4 is 5.32 Å². The van der Waals surface area contributed by atoms with Crippen LogP contribution in [0.15, 0.2) is 17.0 Å². The van der Waals surface area contributed by atoms with Crippen LogP contribution in [0.25, 0.3) is 0 Å². The van der Waals surface area contributed by atoms with Crippen molar-refractivity contribution >= 4 is 21.7 Å². The molecule has 1 saturated heterocycles. The van der Waals surface area contributed by atoms with Crippen molar-refractivity contribution < 1.29 is 4.74 Å². The van der Waals surface area contributed by atoms with Gasteiger partial charge in [0.15, 0.2) is 0 Å². The molecule has 1 aliphatic rings. The number of hydrogen-bond donors (Lipinski definition) is 1. The van der Waals surface area contributed by atoms with Crippen LogP contribution in [0.2, 0.25) is 0 Å². The van der Waals surface area contributed by atoms with Crippen LogP contribution in [-0.2, 0) is 4.74 Å². The average Bonchev–Trinajstić information content (AvgIpc) is 2.19. The topological polar surface area (TPSA) is 47.0 Å². The van der Waals surface area contributed by atoms with Crippen LogP contribution >= 0.6 is 15.9 Å². The van der Waals surface area contributed by atoms with Gasteiger partial charge in [-0.1, -0.05) is 0 Å². The normalized spacial score (nSPS) is 21.9. The van der Waals surface area contributed by atoms with E-state index in [4.69, 9.17) is 4.74 Å². The van der Waals surface area contributed by atoms with Crippen LogP contribution in [-0.4, -0.2) is 29.2 Å². The Hall–Kier alpha value is -0.680. The zero-order valence-electron chi connectivity index (χ0n) is 7.74. The van der Waals surface area contributed by atoms with Gasteiger partial charge in [-0.3, -0.25) is 0 Å². The fourth-order valence-electron chi connectivity index (χ4n) is 1.48. The van der Waals surface area contributed by atoms with E-state index in [9.17, 15) is 0 Å². The summed E-state index contributed by atoms with van der Waals surface area (Å²) < 4.78 is 6.16. The van der Waals surface area contributed by atoms with Gasteiger partial charge in [0.2, 0.25) is 0 Å². The zero-order valence-corrected chi connectivity index (χ0v) is 9.33. The molecular formula is C9H12BrN3O. The fourth-order valence-corrected chi connectivity index (χ4v) is 1.78. The first-order valence-corrected chi connectivity index (χ1v) is 5.46. The molecule has 5 heteroatoms. The summed E-state index contributed by atoms with van der Waals surface area (Å²) in [6, 6.07) is 2.25. The van der Waals surface area contributed by atoms with Crippen LogP contribution in [0.5, 0.6) is 0 Å². The van der Waals surface area contributed by atoms with Gasteiger partial charge in [-0.05, 0) is 28.8 Å². The molecule has 2 rings (SSSR count). The lowest BCUT2D eigenvalue weighted by Crippen LogP contribution is -2.30. The van der Waals surface area contributed by atoms with Crippen LogP contribution in [0.3, 0.4) is 0 Å². The van der Waals surface area contributed by atoms with Crippen molar-refractivity contribution in [3.05, 3.63) is 17.0 Å². The second kappa shape index (κ2) is 4.70. The van der Waals surface area contributed by atoms with Crippen LogP contribution in [0.4, 0.5) is 5.82 Å². The molecule has 1 atom stereocenters. The molecule has 1 aliphatic heterocycles. The maximum absolute atomic E-state index is 5.37. The van der Waals surface area contributed by atoms with E-state index in [1.807, 2.05) is 6.07 Å².